The lowest BCUT2D eigenvalue weighted by molar-refractivity contribution is 0.411. The van der Waals surface area contributed by atoms with Gasteiger partial charge in [-0.2, -0.15) is 0 Å². The largest absolute Gasteiger partial charge is 0.342 e. The van der Waals surface area contributed by atoms with Crippen molar-refractivity contribution >= 4 is 5.96 Å². The number of nitrogens with one attached hydrogen (secondary N) is 1. The summed E-state index contributed by atoms with van der Waals surface area (Å²) in [6, 6.07) is 0. The Labute approximate surface area is 93.9 Å². The van der Waals surface area contributed by atoms with Crippen molar-refractivity contribution in [3.05, 3.63) is 0 Å². The fraction of sp³-hybridized carbons (Fsp3) is 0.909. The summed E-state index contributed by atoms with van der Waals surface area (Å²) in [7, 11) is 0. The van der Waals surface area contributed by atoms with Crippen molar-refractivity contribution in [3.8, 4) is 0 Å². The van der Waals surface area contributed by atoms with Crippen LogP contribution in [0.1, 0.15) is 46.5 Å². The number of rotatable bonds is 7. The summed E-state index contributed by atoms with van der Waals surface area (Å²) in [5, 5.41) is 0. The Hall–Kier alpha value is -0.770. The van der Waals surface area contributed by atoms with Gasteiger partial charge in [0, 0.05) is 19.6 Å². The average molecular weight is 214 g/mol. The normalized spacial score (nSPS) is 11.6. The van der Waals surface area contributed by atoms with Crippen molar-refractivity contribution in [1.82, 2.24) is 10.3 Å². The zero-order valence-electron chi connectivity index (χ0n) is 10.4. The predicted octanol–water partition coefficient (Wildman–Crippen LogP) is 1.73. The molecule has 0 spiro atoms. The van der Waals surface area contributed by atoms with Gasteiger partial charge in [0.1, 0.15) is 0 Å². The average Bonchev–Trinajstić information content (AvgIpc) is 2.27. The lowest BCUT2D eigenvalue weighted by Crippen LogP contribution is -2.45. The number of aliphatic imine (C=N–C) groups is 1. The Bertz CT molecular complexity index is 168. The van der Waals surface area contributed by atoms with Gasteiger partial charge < -0.3 is 4.90 Å². The number of nitrogens with zero attached hydrogens (tertiary/aromatic N) is 2. The quantitative estimate of drug-likeness (QED) is 0.223. The van der Waals surface area contributed by atoms with Crippen LogP contribution in [-0.4, -0.2) is 30.5 Å². The first kappa shape index (κ1) is 14.2. The molecule has 0 saturated carbocycles. The van der Waals surface area contributed by atoms with E-state index in [1.807, 2.05) is 0 Å². The van der Waals surface area contributed by atoms with Crippen molar-refractivity contribution in [1.29, 1.82) is 0 Å². The summed E-state index contributed by atoms with van der Waals surface area (Å²) in [4.78, 5) is 6.66. The Morgan fingerprint density at radius 2 is 1.87 bits per heavy atom. The standard InChI is InChI=1S/C11H26N4/c1-4-7-9-13-11(14-12)15(6-3)10-8-5-2/h4-10,12H2,1-3H3,(H,13,14). The smallest absolute Gasteiger partial charge is 0.208 e. The van der Waals surface area contributed by atoms with E-state index >= 15 is 0 Å². The Kier molecular flexibility index (Phi) is 9.27. The van der Waals surface area contributed by atoms with Crippen LogP contribution in [0.15, 0.2) is 4.99 Å². The van der Waals surface area contributed by atoms with Crippen LogP contribution in [0.25, 0.3) is 0 Å². The summed E-state index contributed by atoms with van der Waals surface area (Å²) < 4.78 is 0. The third kappa shape index (κ3) is 6.33. The minimum absolute atomic E-state index is 0.833. The van der Waals surface area contributed by atoms with Crippen LogP contribution in [0.3, 0.4) is 0 Å². The van der Waals surface area contributed by atoms with Gasteiger partial charge in [-0.1, -0.05) is 26.7 Å². The van der Waals surface area contributed by atoms with Gasteiger partial charge in [0.15, 0.2) is 0 Å². The molecule has 0 bridgehead atoms. The summed E-state index contributed by atoms with van der Waals surface area (Å²) >= 11 is 0. The molecular weight excluding hydrogens is 188 g/mol. The molecule has 4 nitrogen and oxygen atoms in total. The number of nitrogens with two attached hydrogens (primary N) is 1. The van der Waals surface area contributed by atoms with E-state index in [0.717, 1.165) is 32.0 Å². The molecule has 0 saturated heterocycles. The highest BCUT2D eigenvalue weighted by Gasteiger charge is 2.06. The molecule has 0 heterocycles. The van der Waals surface area contributed by atoms with Gasteiger partial charge in [0.25, 0.3) is 0 Å². The fourth-order valence-corrected chi connectivity index (χ4v) is 1.34. The summed E-state index contributed by atoms with van der Waals surface area (Å²) in [6.07, 6.45) is 4.67. The van der Waals surface area contributed by atoms with Crippen LogP contribution in [-0.2, 0) is 0 Å². The number of hydrogen-bond acceptors (Lipinski definition) is 2. The molecule has 3 N–H and O–H groups in total. The molecule has 0 amide bonds. The van der Waals surface area contributed by atoms with Gasteiger partial charge in [-0.3, -0.25) is 10.4 Å². The highest BCUT2D eigenvalue weighted by Crippen LogP contribution is 1.96. The second kappa shape index (κ2) is 9.77. The molecule has 0 aliphatic heterocycles. The highest BCUT2D eigenvalue weighted by atomic mass is 15.4. The zero-order valence-corrected chi connectivity index (χ0v) is 10.4. The Balaban J connectivity index is 4.12. The fourth-order valence-electron chi connectivity index (χ4n) is 1.34. The first-order valence-electron chi connectivity index (χ1n) is 6.06. The predicted molar refractivity (Wildman–Crippen MR) is 66.7 cm³/mol. The molecule has 0 atom stereocenters. The van der Waals surface area contributed by atoms with Crippen LogP contribution >= 0.6 is 0 Å². The molecule has 0 aliphatic rings. The van der Waals surface area contributed by atoms with Gasteiger partial charge in [-0.15, -0.1) is 0 Å². The van der Waals surface area contributed by atoms with E-state index in [4.69, 9.17) is 5.84 Å². The number of hydrazine groups is 1. The lowest BCUT2D eigenvalue weighted by Gasteiger charge is -2.23. The minimum Gasteiger partial charge on any atom is -0.342 e. The van der Waals surface area contributed by atoms with Gasteiger partial charge in [0.2, 0.25) is 5.96 Å². The van der Waals surface area contributed by atoms with E-state index in [-0.39, 0.29) is 0 Å². The van der Waals surface area contributed by atoms with Crippen LogP contribution in [0.2, 0.25) is 0 Å². The van der Waals surface area contributed by atoms with E-state index in [2.05, 4.69) is 36.1 Å². The lowest BCUT2D eigenvalue weighted by atomic mass is 10.3. The molecular formula is C11H26N4. The number of hydrogen-bond donors (Lipinski definition) is 2. The second-order valence-corrected chi connectivity index (χ2v) is 3.64. The molecule has 0 aromatic rings. The van der Waals surface area contributed by atoms with Crippen molar-refractivity contribution < 1.29 is 0 Å². The van der Waals surface area contributed by atoms with Crippen LogP contribution < -0.4 is 11.3 Å². The van der Waals surface area contributed by atoms with Crippen LogP contribution in [0, 0.1) is 0 Å². The number of guanidine groups is 1. The molecule has 0 fully saturated rings. The third-order valence-electron chi connectivity index (χ3n) is 2.37. The van der Waals surface area contributed by atoms with E-state index in [0.29, 0.717) is 0 Å². The Morgan fingerprint density at radius 1 is 1.20 bits per heavy atom. The monoisotopic (exact) mass is 214 g/mol. The summed E-state index contributed by atoms with van der Waals surface area (Å²) in [6.45, 7) is 9.33. The van der Waals surface area contributed by atoms with Crippen molar-refractivity contribution in [2.24, 2.45) is 10.8 Å². The third-order valence-corrected chi connectivity index (χ3v) is 2.37. The Morgan fingerprint density at radius 3 is 2.33 bits per heavy atom. The summed E-state index contributed by atoms with van der Waals surface area (Å²) in [5.74, 6) is 6.31. The van der Waals surface area contributed by atoms with Gasteiger partial charge in [-0.25, -0.2) is 5.84 Å². The molecule has 0 rings (SSSR count). The maximum absolute atomic E-state index is 5.48. The second-order valence-electron chi connectivity index (χ2n) is 3.64. The maximum atomic E-state index is 5.48. The van der Waals surface area contributed by atoms with E-state index in [1.165, 1.54) is 19.3 Å². The molecule has 0 aromatic carbocycles. The van der Waals surface area contributed by atoms with Gasteiger partial charge in [0.05, 0.1) is 0 Å². The van der Waals surface area contributed by atoms with Gasteiger partial charge >= 0.3 is 0 Å². The highest BCUT2D eigenvalue weighted by molar-refractivity contribution is 5.79. The van der Waals surface area contributed by atoms with E-state index in [9.17, 15) is 0 Å². The maximum Gasteiger partial charge on any atom is 0.208 e. The molecule has 0 unspecified atom stereocenters. The van der Waals surface area contributed by atoms with Crippen molar-refractivity contribution in [2.75, 3.05) is 19.6 Å². The SMILES string of the molecule is CCCCN=C(NN)N(CC)CCCC. The van der Waals surface area contributed by atoms with Crippen LogP contribution in [0.4, 0.5) is 0 Å². The molecule has 0 radical (unpaired) electrons. The van der Waals surface area contributed by atoms with Crippen molar-refractivity contribution in [2.45, 2.75) is 46.5 Å². The zero-order chi connectivity index (χ0) is 11.5. The number of unbranched alkanes of at least 4 members (excludes halogenated alkanes) is 2. The first-order chi connectivity index (χ1) is 7.29. The van der Waals surface area contributed by atoms with Crippen LogP contribution in [0.5, 0.6) is 0 Å². The van der Waals surface area contributed by atoms with E-state index in [1.54, 1.807) is 0 Å². The van der Waals surface area contributed by atoms with Gasteiger partial charge in [-0.05, 0) is 19.8 Å². The molecule has 90 valence electrons. The topological polar surface area (TPSA) is 53.6 Å². The summed E-state index contributed by atoms with van der Waals surface area (Å²) in [5.41, 5.74) is 2.70. The minimum atomic E-state index is 0.833. The molecule has 15 heavy (non-hydrogen) atoms. The van der Waals surface area contributed by atoms with E-state index < -0.39 is 0 Å². The first-order valence-corrected chi connectivity index (χ1v) is 6.06. The molecule has 0 aromatic heterocycles. The molecule has 4 heteroatoms. The molecule has 0 aliphatic carbocycles. The van der Waals surface area contributed by atoms with Crippen molar-refractivity contribution in [3.63, 3.8) is 0 Å².